The number of rotatable bonds is 6. The van der Waals surface area contributed by atoms with Gasteiger partial charge in [-0.2, -0.15) is 0 Å². The summed E-state index contributed by atoms with van der Waals surface area (Å²) in [6, 6.07) is 1.21. The van der Waals surface area contributed by atoms with Gasteiger partial charge in [0.05, 0.1) is 5.92 Å². The topological polar surface area (TPSA) is 81.2 Å². The highest BCUT2D eigenvalue weighted by atomic mass is 16.5. The van der Waals surface area contributed by atoms with Crippen molar-refractivity contribution in [2.75, 3.05) is 0 Å². The van der Waals surface area contributed by atoms with Crippen molar-refractivity contribution < 1.29 is 9.53 Å². The number of ether oxygens (including phenoxy) is 1. The third kappa shape index (κ3) is 4.68. The number of carbonyl (C=O) groups is 1. The summed E-state index contributed by atoms with van der Waals surface area (Å²) < 4.78 is 6.32. The lowest BCUT2D eigenvalue weighted by Gasteiger charge is -2.21. The summed E-state index contributed by atoms with van der Waals surface area (Å²) in [6.07, 6.45) is 2.05. The predicted octanol–water partition coefficient (Wildman–Crippen LogP) is 1.36. The van der Waals surface area contributed by atoms with Crippen LogP contribution in [0.25, 0.3) is 0 Å². The van der Waals surface area contributed by atoms with Gasteiger partial charge in [0.2, 0.25) is 0 Å². The minimum atomic E-state index is -0.588. The van der Waals surface area contributed by atoms with Gasteiger partial charge in [-0.05, 0) is 18.3 Å². The molecule has 1 aromatic rings. The molecule has 0 aliphatic rings. The molecule has 0 radical (unpaired) electrons. The zero-order chi connectivity index (χ0) is 15.3. The largest absolute Gasteiger partial charge is 0.444 e. The van der Waals surface area contributed by atoms with Crippen LogP contribution in [0, 0.1) is 17.8 Å². The Labute approximate surface area is 117 Å². The fourth-order valence-electron chi connectivity index (χ4n) is 1.93. The third-order valence-corrected chi connectivity index (χ3v) is 3.08. The van der Waals surface area contributed by atoms with E-state index in [4.69, 9.17) is 4.74 Å². The summed E-state index contributed by atoms with van der Waals surface area (Å²) in [6.45, 7) is 7.86. The van der Waals surface area contributed by atoms with E-state index in [0.29, 0.717) is 5.92 Å². The van der Waals surface area contributed by atoms with Crippen molar-refractivity contribution in [3.05, 3.63) is 33.1 Å². The number of aromatic amines is 1. The zero-order valence-corrected chi connectivity index (χ0v) is 12.4. The minimum absolute atomic E-state index is 0.178. The summed E-state index contributed by atoms with van der Waals surface area (Å²) in [5.41, 5.74) is -1.06. The van der Waals surface area contributed by atoms with Gasteiger partial charge in [-0.15, -0.1) is 0 Å². The molecular formula is C14H22N2O4. The van der Waals surface area contributed by atoms with Crippen LogP contribution < -0.4 is 11.2 Å². The quantitative estimate of drug-likeness (QED) is 0.799. The van der Waals surface area contributed by atoms with E-state index in [-0.39, 0.29) is 24.5 Å². The van der Waals surface area contributed by atoms with Gasteiger partial charge in [-0.25, -0.2) is 4.79 Å². The Morgan fingerprint density at radius 1 is 1.30 bits per heavy atom. The highest BCUT2D eigenvalue weighted by Gasteiger charge is 2.24. The lowest BCUT2D eigenvalue weighted by molar-refractivity contribution is -0.155. The molecule has 6 nitrogen and oxygen atoms in total. The second-order valence-corrected chi connectivity index (χ2v) is 5.65. The monoisotopic (exact) mass is 282 g/mol. The first-order valence-corrected chi connectivity index (χ1v) is 6.77. The molecule has 0 spiro atoms. The summed E-state index contributed by atoms with van der Waals surface area (Å²) in [4.78, 5) is 36.5. The van der Waals surface area contributed by atoms with Crippen molar-refractivity contribution in [1.82, 2.24) is 9.55 Å². The van der Waals surface area contributed by atoms with Gasteiger partial charge >= 0.3 is 11.7 Å². The number of nitrogens with one attached hydrogen (secondary N) is 1. The van der Waals surface area contributed by atoms with Crippen molar-refractivity contribution in [3.63, 3.8) is 0 Å². The first kappa shape index (κ1) is 16.2. The molecule has 0 bridgehead atoms. The Hall–Kier alpha value is -1.85. The van der Waals surface area contributed by atoms with E-state index in [1.54, 1.807) is 0 Å². The molecule has 1 aromatic heterocycles. The van der Waals surface area contributed by atoms with Crippen molar-refractivity contribution in [1.29, 1.82) is 0 Å². The molecule has 0 aromatic carbocycles. The Kier molecular flexibility index (Phi) is 5.73. The maximum atomic E-state index is 12.1. The van der Waals surface area contributed by atoms with Gasteiger partial charge in [0.25, 0.3) is 5.56 Å². The Bertz CT molecular complexity index is 557. The fraction of sp³-hybridized carbons (Fsp3) is 0.643. The van der Waals surface area contributed by atoms with Crippen LogP contribution in [-0.4, -0.2) is 15.5 Å². The summed E-state index contributed by atoms with van der Waals surface area (Å²) in [7, 11) is 0. The minimum Gasteiger partial charge on any atom is -0.444 e. The number of H-pyrrole nitrogens is 1. The van der Waals surface area contributed by atoms with E-state index in [2.05, 4.69) is 18.8 Å². The Balaban J connectivity index is 2.69. The average molecular weight is 282 g/mol. The smallest absolute Gasteiger partial charge is 0.331 e. The van der Waals surface area contributed by atoms with E-state index in [0.717, 1.165) is 11.0 Å². The van der Waals surface area contributed by atoms with E-state index in [1.165, 1.54) is 12.3 Å². The normalized spacial score (nSPS) is 12.7. The highest BCUT2D eigenvalue weighted by molar-refractivity contribution is 5.72. The molecule has 0 fully saturated rings. The van der Waals surface area contributed by atoms with Crippen LogP contribution >= 0.6 is 0 Å². The zero-order valence-electron chi connectivity index (χ0n) is 12.4. The number of aromatic nitrogens is 2. The second kappa shape index (κ2) is 7.07. The number of carbonyl (C=O) groups excluding carboxylic acids is 1. The van der Waals surface area contributed by atoms with Gasteiger partial charge in [-0.1, -0.05) is 27.7 Å². The van der Waals surface area contributed by atoms with Crippen LogP contribution in [0.3, 0.4) is 0 Å². The van der Waals surface area contributed by atoms with E-state index in [9.17, 15) is 14.4 Å². The predicted molar refractivity (Wildman–Crippen MR) is 75.2 cm³/mol. The molecule has 0 saturated heterocycles. The maximum absolute atomic E-state index is 12.1. The number of hydrogen-bond acceptors (Lipinski definition) is 4. The number of hydrogen-bond donors (Lipinski definition) is 1. The van der Waals surface area contributed by atoms with Crippen LogP contribution in [0.1, 0.15) is 34.1 Å². The number of nitrogens with zero attached hydrogens (tertiary/aromatic N) is 1. The first-order chi connectivity index (χ1) is 9.31. The van der Waals surface area contributed by atoms with Crippen LogP contribution in [0.5, 0.6) is 0 Å². The van der Waals surface area contributed by atoms with Crippen molar-refractivity contribution in [3.8, 4) is 0 Å². The molecule has 6 heteroatoms. The van der Waals surface area contributed by atoms with Crippen molar-refractivity contribution in [2.45, 2.75) is 40.8 Å². The molecular weight excluding hydrogens is 260 g/mol. The lowest BCUT2D eigenvalue weighted by Crippen LogP contribution is -2.31. The molecule has 1 atom stereocenters. The standard InChI is InChI=1S/C14H22N2O4/c1-9(2)7-11(10(3)4)13(18)20-8-16-6-5-12(17)15-14(16)19/h5-6,9-11H,7-8H2,1-4H3,(H,15,17,19). The molecule has 1 heterocycles. The van der Waals surface area contributed by atoms with Crippen LogP contribution in [0.2, 0.25) is 0 Å². The Morgan fingerprint density at radius 2 is 1.95 bits per heavy atom. The van der Waals surface area contributed by atoms with Crippen molar-refractivity contribution in [2.24, 2.45) is 17.8 Å². The van der Waals surface area contributed by atoms with E-state index in [1.807, 2.05) is 13.8 Å². The molecule has 0 amide bonds. The molecule has 1 rings (SSSR count). The van der Waals surface area contributed by atoms with Gasteiger partial charge in [0.1, 0.15) is 0 Å². The van der Waals surface area contributed by atoms with Gasteiger partial charge in [0, 0.05) is 12.3 Å². The third-order valence-electron chi connectivity index (χ3n) is 3.08. The Morgan fingerprint density at radius 3 is 2.45 bits per heavy atom. The maximum Gasteiger partial charge on any atom is 0.331 e. The van der Waals surface area contributed by atoms with E-state index >= 15 is 0 Å². The average Bonchev–Trinajstić information content (AvgIpc) is 2.34. The summed E-state index contributed by atoms with van der Waals surface area (Å²) in [5.74, 6) is 0.0724. The SMILES string of the molecule is CC(C)CC(C(=O)OCn1ccc(=O)[nH]c1=O)C(C)C. The number of esters is 1. The second-order valence-electron chi connectivity index (χ2n) is 5.65. The molecule has 1 unspecified atom stereocenters. The van der Waals surface area contributed by atoms with Gasteiger partial charge < -0.3 is 4.74 Å². The lowest BCUT2D eigenvalue weighted by atomic mass is 9.88. The molecule has 20 heavy (non-hydrogen) atoms. The summed E-state index contributed by atoms with van der Waals surface area (Å²) in [5, 5.41) is 0. The van der Waals surface area contributed by atoms with Crippen LogP contribution in [-0.2, 0) is 16.3 Å². The first-order valence-electron chi connectivity index (χ1n) is 6.77. The molecule has 112 valence electrons. The molecule has 1 N–H and O–H groups in total. The molecule has 0 aliphatic heterocycles. The van der Waals surface area contributed by atoms with E-state index < -0.39 is 11.2 Å². The highest BCUT2D eigenvalue weighted by Crippen LogP contribution is 2.21. The van der Waals surface area contributed by atoms with Crippen LogP contribution in [0.4, 0.5) is 0 Å². The summed E-state index contributed by atoms with van der Waals surface area (Å²) >= 11 is 0. The van der Waals surface area contributed by atoms with Crippen molar-refractivity contribution >= 4 is 5.97 Å². The fourth-order valence-corrected chi connectivity index (χ4v) is 1.93. The molecule has 0 saturated carbocycles. The van der Waals surface area contributed by atoms with Crippen LogP contribution in [0.15, 0.2) is 21.9 Å². The van der Waals surface area contributed by atoms with Gasteiger partial charge in [0.15, 0.2) is 6.73 Å². The molecule has 0 aliphatic carbocycles. The van der Waals surface area contributed by atoms with Gasteiger partial charge in [-0.3, -0.25) is 19.1 Å².